The van der Waals surface area contributed by atoms with Gasteiger partial charge in [0, 0.05) is 26.2 Å². The Kier molecular flexibility index (Phi) is 5.95. The first-order chi connectivity index (χ1) is 7.79. The Labute approximate surface area is 127 Å². The molecule has 0 unspecified atom stereocenters. The van der Waals surface area contributed by atoms with Gasteiger partial charge in [-0.15, -0.1) is 0 Å². The average molecular weight is 450 g/mol. The quantitative estimate of drug-likeness (QED) is 0.695. The summed E-state index contributed by atoms with van der Waals surface area (Å²) in [5.41, 5.74) is 0.932. The third-order valence-electron chi connectivity index (χ3n) is 2.00. The minimum absolute atomic E-state index is 0.200. The Hall–Kier alpha value is 0.410. The maximum atomic E-state index is 11.0. The summed E-state index contributed by atoms with van der Waals surface area (Å²) >= 11 is 10.3. The zero-order chi connectivity index (χ0) is 13.1. The highest BCUT2D eigenvalue weighted by Crippen LogP contribution is 2.34. The van der Waals surface area contributed by atoms with Crippen molar-refractivity contribution in [1.82, 2.24) is 0 Å². The fraction of sp³-hybridized carbons (Fsp3) is 0.400. The molecule has 0 saturated heterocycles. The molecule has 0 aliphatic carbocycles. The SMILES string of the molecule is CS(=O)(=O)CCCNc1c(Br)cc(Br)cc1Br. The molecule has 0 saturated carbocycles. The lowest BCUT2D eigenvalue weighted by atomic mass is 10.3. The van der Waals surface area contributed by atoms with Gasteiger partial charge in [-0.1, -0.05) is 15.9 Å². The molecule has 1 rings (SSSR count). The largest absolute Gasteiger partial charge is 0.383 e. The molecule has 7 heteroatoms. The first kappa shape index (κ1) is 15.5. The van der Waals surface area contributed by atoms with Crippen molar-refractivity contribution in [3.8, 4) is 0 Å². The van der Waals surface area contributed by atoms with Gasteiger partial charge in [-0.05, 0) is 50.4 Å². The fourth-order valence-corrected chi connectivity index (χ4v) is 4.47. The summed E-state index contributed by atoms with van der Waals surface area (Å²) in [7, 11) is -2.88. The molecule has 0 heterocycles. The van der Waals surface area contributed by atoms with Crippen LogP contribution in [0.3, 0.4) is 0 Å². The molecule has 0 fully saturated rings. The van der Waals surface area contributed by atoms with Gasteiger partial charge in [-0.25, -0.2) is 8.42 Å². The van der Waals surface area contributed by atoms with E-state index in [0.29, 0.717) is 13.0 Å². The van der Waals surface area contributed by atoms with Gasteiger partial charge >= 0.3 is 0 Å². The van der Waals surface area contributed by atoms with Crippen molar-refractivity contribution in [3.05, 3.63) is 25.6 Å². The lowest BCUT2D eigenvalue weighted by Gasteiger charge is -2.11. The van der Waals surface area contributed by atoms with Crippen LogP contribution in [0.25, 0.3) is 0 Å². The first-order valence-electron chi connectivity index (χ1n) is 4.86. The number of nitrogens with one attached hydrogen (secondary N) is 1. The summed E-state index contributed by atoms with van der Waals surface area (Å²) < 4.78 is 24.8. The van der Waals surface area contributed by atoms with Crippen LogP contribution in [0.5, 0.6) is 0 Å². The molecule has 96 valence electrons. The predicted octanol–water partition coefficient (Wildman–Crippen LogP) is 3.82. The van der Waals surface area contributed by atoms with E-state index in [4.69, 9.17) is 0 Å². The molecule has 0 aromatic heterocycles. The van der Waals surface area contributed by atoms with Gasteiger partial charge < -0.3 is 5.32 Å². The number of anilines is 1. The van der Waals surface area contributed by atoms with Gasteiger partial charge in [0.15, 0.2) is 0 Å². The van der Waals surface area contributed by atoms with E-state index in [1.807, 2.05) is 12.1 Å². The van der Waals surface area contributed by atoms with E-state index in [1.165, 1.54) is 6.26 Å². The summed E-state index contributed by atoms with van der Waals surface area (Å²) in [6.07, 6.45) is 1.84. The minimum Gasteiger partial charge on any atom is -0.383 e. The van der Waals surface area contributed by atoms with Crippen LogP contribution in [0.2, 0.25) is 0 Å². The molecule has 1 aromatic rings. The lowest BCUT2D eigenvalue weighted by Crippen LogP contribution is -2.10. The predicted molar refractivity (Wildman–Crippen MR) is 82.4 cm³/mol. The summed E-state index contributed by atoms with van der Waals surface area (Å²) in [6, 6.07) is 3.87. The van der Waals surface area contributed by atoms with E-state index < -0.39 is 9.84 Å². The molecule has 0 spiro atoms. The van der Waals surface area contributed by atoms with E-state index in [1.54, 1.807) is 0 Å². The normalized spacial score (nSPS) is 11.5. The molecule has 17 heavy (non-hydrogen) atoms. The molecule has 0 bridgehead atoms. The Morgan fingerprint density at radius 3 is 2.18 bits per heavy atom. The van der Waals surface area contributed by atoms with Gasteiger partial charge in [0.05, 0.1) is 11.4 Å². The summed E-state index contributed by atoms with van der Waals surface area (Å²) in [5, 5.41) is 3.20. The highest BCUT2D eigenvalue weighted by atomic mass is 79.9. The van der Waals surface area contributed by atoms with Crippen molar-refractivity contribution in [3.63, 3.8) is 0 Å². The van der Waals surface area contributed by atoms with Gasteiger partial charge in [-0.3, -0.25) is 0 Å². The standard InChI is InChI=1S/C10H12Br3NO2S/c1-17(15,16)4-2-3-14-10-8(12)5-7(11)6-9(10)13/h5-6,14H,2-4H2,1H3. The van der Waals surface area contributed by atoms with Crippen LogP contribution < -0.4 is 5.32 Å². The second-order valence-electron chi connectivity index (χ2n) is 3.65. The molecule has 0 amide bonds. The van der Waals surface area contributed by atoms with Gasteiger partial charge in [0.25, 0.3) is 0 Å². The van der Waals surface area contributed by atoms with Crippen LogP contribution >= 0.6 is 47.8 Å². The van der Waals surface area contributed by atoms with E-state index in [2.05, 4.69) is 53.1 Å². The maximum Gasteiger partial charge on any atom is 0.147 e. The molecular weight excluding hydrogens is 438 g/mol. The van der Waals surface area contributed by atoms with E-state index >= 15 is 0 Å². The third-order valence-corrected chi connectivity index (χ3v) is 4.74. The Morgan fingerprint density at radius 2 is 1.71 bits per heavy atom. The van der Waals surface area contributed by atoms with Gasteiger partial charge in [0.1, 0.15) is 9.84 Å². The smallest absolute Gasteiger partial charge is 0.147 e. The van der Waals surface area contributed by atoms with Crippen molar-refractivity contribution in [2.75, 3.05) is 23.9 Å². The van der Waals surface area contributed by atoms with Crippen molar-refractivity contribution in [2.45, 2.75) is 6.42 Å². The lowest BCUT2D eigenvalue weighted by molar-refractivity contribution is 0.600. The molecule has 3 nitrogen and oxygen atoms in total. The maximum absolute atomic E-state index is 11.0. The van der Waals surface area contributed by atoms with Gasteiger partial charge in [0.2, 0.25) is 0 Å². The molecule has 1 aromatic carbocycles. The molecule has 0 radical (unpaired) electrons. The van der Waals surface area contributed by atoms with Crippen LogP contribution in [0.1, 0.15) is 6.42 Å². The van der Waals surface area contributed by atoms with Gasteiger partial charge in [-0.2, -0.15) is 0 Å². The summed E-state index contributed by atoms with van der Waals surface area (Å²) in [4.78, 5) is 0. The zero-order valence-corrected chi connectivity index (χ0v) is 14.7. The minimum atomic E-state index is -2.88. The summed E-state index contributed by atoms with van der Waals surface area (Å²) in [5.74, 6) is 0.200. The first-order valence-corrected chi connectivity index (χ1v) is 9.29. The third kappa shape index (κ3) is 5.72. The fourth-order valence-electron chi connectivity index (χ4n) is 1.26. The number of benzene rings is 1. The number of rotatable bonds is 5. The van der Waals surface area contributed by atoms with E-state index in [9.17, 15) is 8.42 Å². The average Bonchev–Trinajstić information content (AvgIpc) is 2.13. The molecule has 1 N–H and O–H groups in total. The van der Waals surface area contributed by atoms with Crippen LogP contribution in [-0.2, 0) is 9.84 Å². The van der Waals surface area contributed by atoms with Crippen LogP contribution in [-0.4, -0.2) is 27.0 Å². The Morgan fingerprint density at radius 1 is 1.18 bits per heavy atom. The van der Waals surface area contributed by atoms with Crippen LogP contribution in [0.15, 0.2) is 25.6 Å². The molecule has 0 aliphatic rings. The van der Waals surface area contributed by atoms with E-state index in [0.717, 1.165) is 19.1 Å². The topological polar surface area (TPSA) is 46.2 Å². The number of halogens is 3. The highest BCUT2D eigenvalue weighted by Gasteiger charge is 2.07. The van der Waals surface area contributed by atoms with Crippen LogP contribution in [0, 0.1) is 0 Å². The zero-order valence-electron chi connectivity index (χ0n) is 9.13. The molecule has 0 aliphatic heterocycles. The van der Waals surface area contributed by atoms with Crippen molar-refractivity contribution >= 4 is 63.3 Å². The molecule has 0 atom stereocenters. The van der Waals surface area contributed by atoms with Crippen molar-refractivity contribution in [1.29, 1.82) is 0 Å². The Bertz CT molecular complexity index is 479. The number of sulfone groups is 1. The number of hydrogen-bond donors (Lipinski definition) is 1. The Balaban J connectivity index is 2.58. The second kappa shape index (κ2) is 6.54. The molecular formula is C10H12Br3NO2S. The summed E-state index contributed by atoms with van der Waals surface area (Å²) in [6.45, 7) is 0.617. The van der Waals surface area contributed by atoms with E-state index in [-0.39, 0.29) is 5.75 Å². The van der Waals surface area contributed by atoms with Crippen LogP contribution in [0.4, 0.5) is 5.69 Å². The monoisotopic (exact) mass is 447 g/mol. The van der Waals surface area contributed by atoms with Crippen molar-refractivity contribution in [2.24, 2.45) is 0 Å². The highest BCUT2D eigenvalue weighted by molar-refractivity contribution is 9.11. The van der Waals surface area contributed by atoms with Crippen molar-refractivity contribution < 1.29 is 8.42 Å². The second-order valence-corrected chi connectivity index (χ2v) is 8.54. The number of hydrogen-bond acceptors (Lipinski definition) is 3.